The van der Waals surface area contributed by atoms with Gasteiger partial charge in [0.15, 0.2) is 0 Å². The number of hydrogen-bond donors (Lipinski definition) is 1. The molecule has 1 N–H and O–H groups in total. The first-order valence-electron chi connectivity index (χ1n) is 9.23. The van der Waals surface area contributed by atoms with Gasteiger partial charge < -0.3 is 24.2 Å². The highest BCUT2D eigenvalue weighted by Gasteiger charge is 2.21. The molecule has 2 fully saturated rings. The number of aliphatic hydroxyl groups is 1. The minimum Gasteiger partial charge on any atom is -0.497 e. The summed E-state index contributed by atoms with van der Waals surface area (Å²) in [6, 6.07) is 8.18. The molecule has 2 aliphatic heterocycles. The molecule has 1 aromatic carbocycles. The highest BCUT2D eigenvalue weighted by Crippen LogP contribution is 2.22. The van der Waals surface area contributed by atoms with E-state index in [1.54, 1.807) is 7.11 Å². The molecule has 140 valence electrons. The van der Waals surface area contributed by atoms with E-state index < -0.39 is 6.10 Å². The number of nitrogens with zero attached hydrogens (tertiary/aromatic N) is 2. The Morgan fingerprint density at radius 3 is 2.84 bits per heavy atom. The fourth-order valence-electron chi connectivity index (χ4n) is 3.46. The lowest BCUT2D eigenvalue weighted by molar-refractivity contribution is -0.0254. The number of ether oxygens (including phenoxy) is 3. The van der Waals surface area contributed by atoms with Crippen LogP contribution in [0.3, 0.4) is 0 Å². The Labute approximate surface area is 150 Å². The molecular formula is C19H30N2O4. The van der Waals surface area contributed by atoms with Crippen molar-refractivity contribution in [2.24, 2.45) is 0 Å². The molecule has 0 aromatic heterocycles. The highest BCUT2D eigenvalue weighted by atomic mass is 16.5. The van der Waals surface area contributed by atoms with Crippen molar-refractivity contribution in [3.05, 3.63) is 24.3 Å². The fourth-order valence-corrected chi connectivity index (χ4v) is 3.46. The van der Waals surface area contributed by atoms with Crippen LogP contribution in [0.2, 0.25) is 0 Å². The van der Waals surface area contributed by atoms with Gasteiger partial charge in [-0.2, -0.15) is 0 Å². The van der Waals surface area contributed by atoms with Crippen LogP contribution < -0.4 is 9.64 Å². The largest absolute Gasteiger partial charge is 0.497 e. The topological polar surface area (TPSA) is 54.4 Å². The van der Waals surface area contributed by atoms with Crippen molar-refractivity contribution in [2.75, 3.05) is 64.6 Å². The van der Waals surface area contributed by atoms with E-state index in [1.165, 1.54) is 5.69 Å². The first-order chi connectivity index (χ1) is 12.2. The lowest BCUT2D eigenvalue weighted by Gasteiger charge is -2.37. The zero-order chi connectivity index (χ0) is 17.5. The summed E-state index contributed by atoms with van der Waals surface area (Å²) in [5, 5.41) is 10.2. The van der Waals surface area contributed by atoms with Crippen LogP contribution >= 0.6 is 0 Å². The van der Waals surface area contributed by atoms with Gasteiger partial charge >= 0.3 is 0 Å². The van der Waals surface area contributed by atoms with Crippen LogP contribution in [0.15, 0.2) is 24.3 Å². The summed E-state index contributed by atoms with van der Waals surface area (Å²) in [6.07, 6.45) is 1.97. The molecule has 25 heavy (non-hydrogen) atoms. The summed E-state index contributed by atoms with van der Waals surface area (Å²) in [7, 11) is 1.69. The van der Waals surface area contributed by atoms with Crippen molar-refractivity contribution >= 4 is 5.69 Å². The number of anilines is 1. The first kappa shape index (κ1) is 18.5. The molecule has 0 saturated carbocycles. The number of benzene rings is 1. The first-order valence-corrected chi connectivity index (χ1v) is 9.23. The second kappa shape index (κ2) is 9.38. The molecule has 6 heteroatoms. The van der Waals surface area contributed by atoms with Gasteiger partial charge in [-0.25, -0.2) is 0 Å². The Bertz CT molecular complexity index is 514. The minimum atomic E-state index is -0.440. The van der Waals surface area contributed by atoms with E-state index in [0.29, 0.717) is 19.8 Å². The van der Waals surface area contributed by atoms with E-state index >= 15 is 0 Å². The Balaban J connectivity index is 1.35. The average molecular weight is 350 g/mol. The molecule has 1 aromatic rings. The lowest BCUT2D eigenvalue weighted by atomic mass is 10.2. The zero-order valence-electron chi connectivity index (χ0n) is 15.1. The van der Waals surface area contributed by atoms with Gasteiger partial charge in [0.25, 0.3) is 0 Å². The van der Waals surface area contributed by atoms with Gasteiger partial charge in [0.1, 0.15) is 5.75 Å². The van der Waals surface area contributed by atoms with Crippen molar-refractivity contribution in [3.8, 4) is 5.75 Å². The normalized spacial score (nSPS) is 23.0. The maximum Gasteiger partial charge on any atom is 0.120 e. The number of β-amino-alcohol motifs (C(OH)–C–C–N with tert-alkyl or cyclic N) is 1. The molecule has 0 aliphatic carbocycles. The number of piperazine rings is 1. The van der Waals surface area contributed by atoms with E-state index in [-0.39, 0.29) is 6.10 Å². The smallest absolute Gasteiger partial charge is 0.120 e. The number of methoxy groups -OCH3 is 1. The summed E-state index contributed by atoms with van der Waals surface area (Å²) >= 11 is 0. The van der Waals surface area contributed by atoms with E-state index in [1.807, 2.05) is 12.1 Å². The third-order valence-corrected chi connectivity index (χ3v) is 4.90. The molecule has 3 rings (SSSR count). The Hall–Kier alpha value is -1.34. The van der Waals surface area contributed by atoms with Crippen LogP contribution in [0.5, 0.6) is 5.75 Å². The molecular weight excluding hydrogens is 320 g/mol. The third-order valence-electron chi connectivity index (χ3n) is 4.90. The van der Waals surface area contributed by atoms with Crippen molar-refractivity contribution in [3.63, 3.8) is 0 Å². The monoisotopic (exact) mass is 350 g/mol. The maximum atomic E-state index is 10.2. The van der Waals surface area contributed by atoms with Crippen molar-refractivity contribution in [1.29, 1.82) is 0 Å². The Morgan fingerprint density at radius 2 is 2.12 bits per heavy atom. The summed E-state index contributed by atoms with van der Waals surface area (Å²) in [6.45, 7) is 6.29. The third kappa shape index (κ3) is 5.57. The average Bonchev–Trinajstić information content (AvgIpc) is 3.16. The predicted molar refractivity (Wildman–Crippen MR) is 97.4 cm³/mol. The Morgan fingerprint density at radius 1 is 1.28 bits per heavy atom. The van der Waals surface area contributed by atoms with Gasteiger partial charge in [-0.1, -0.05) is 6.07 Å². The summed E-state index contributed by atoms with van der Waals surface area (Å²) in [5.41, 5.74) is 1.19. The van der Waals surface area contributed by atoms with E-state index in [0.717, 1.165) is 51.4 Å². The lowest BCUT2D eigenvalue weighted by Crippen LogP contribution is -2.49. The van der Waals surface area contributed by atoms with Gasteiger partial charge in [0.2, 0.25) is 0 Å². The fraction of sp³-hybridized carbons (Fsp3) is 0.684. The van der Waals surface area contributed by atoms with Crippen LogP contribution in [0.25, 0.3) is 0 Å². The second-order valence-corrected chi connectivity index (χ2v) is 6.82. The second-order valence-electron chi connectivity index (χ2n) is 6.82. The summed E-state index contributed by atoms with van der Waals surface area (Å²) in [4.78, 5) is 4.66. The van der Waals surface area contributed by atoms with Gasteiger partial charge in [-0.3, -0.25) is 4.90 Å². The van der Waals surface area contributed by atoms with Gasteiger partial charge in [-0.15, -0.1) is 0 Å². The van der Waals surface area contributed by atoms with Gasteiger partial charge in [0, 0.05) is 51.1 Å². The van der Waals surface area contributed by atoms with E-state index in [9.17, 15) is 5.11 Å². The molecule has 2 heterocycles. The minimum absolute atomic E-state index is 0.221. The zero-order valence-corrected chi connectivity index (χ0v) is 15.1. The number of rotatable bonds is 8. The molecule has 2 saturated heterocycles. The maximum absolute atomic E-state index is 10.2. The van der Waals surface area contributed by atoms with Crippen LogP contribution in [0, 0.1) is 0 Å². The quantitative estimate of drug-likeness (QED) is 0.764. The molecule has 6 nitrogen and oxygen atoms in total. The van der Waals surface area contributed by atoms with Crippen LogP contribution in [0.1, 0.15) is 12.8 Å². The van der Waals surface area contributed by atoms with Crippen LogP contribution in [-0.2, 0) is 9.47 Å². The summed E-state index contributed by atoms with van der Waals surface area (Å²) < 4.78 is 16.4. The predicted octanol–water partition coefficient (Wildman–Crippen LogP) is 1.37. The Kier molecular flexibility index (Phi) is 6.93. The molecule has 0 amide bonds. The summed E-state index contributed by atoms with van der Waals surface area (Å²) in [5.74, 6) is 0.888. The highest BCUT2D eigenvalue weighted by molar-refractivity contribution is 5.51. The molecule has 2 aliphatic rings. The van der Waals surface area contributed by atoms with Gasteiger partial charge in [0.05, 0.1) is 32.5 Å². The van der Waals surface area contributed by atoms with E-state index in [4.69, 9.17) is 14.2 Å². The van der Waals surface area contributed by atoms with E-state index in [2.05, 4.69) is 21.9 Å². The van der Waals surface area contributed by atoms with Crippen LogP contribution in [0.4, 0.5) is 5.69 Å². The standard InChI is InChI=1S/C19H30N2O4/c1-23-18-5-2-4-16(12-18)21-9-7-20(8-10-21)13-17(22)14-24-15-19-6-3-11-25-19/h2,4-5,12,17,19,22H,3,6-11,13-15H2,1H3. The SMILES string of the molecule is COc1cccc(N2CCN(CC(O)COCC3CCCO3)CC2)c1. The number of aliphatic hydroxyl groups excluding tert-OH is 1. The van der Waals surface area contributed by atoms with Crippen molar-refractivity contribution in [1.82, 2.24) is 4.90 Å². The molecule has 2 unspecified atom stereocenters. The molecule has 0 bridgehead atoms. The van der Waals surface area contributed by atoms with Crippen molar-refractivity contribution < 1.29 is 19.3 Å². The van der Waals surface area contributed by atoms with Gasteiger partial charge in [-0.05, 0) is 25.0 Å². The molecule has 0 radical (unpaired) electrons. The molecule has 2 atom stereocenters. The number of hydrogen-bond acceptors (Lipinski definition) is 6. The molecule has 0 spiro atoms. The van der Waals surface area contributed by atoms with Crippen molar-refractivity contribution in [2.45, 2.75) is 25.0 Å². The van der Waals surface area contributed by atoms with Crippen LogP contribution in [-0.4, -0.2) is 81.9 Å².